The zero-order valence-corrected chi connectivity index (χ0v) is 23.0. The van der Waals surface area contributed by atoms with E-state index < -0.39 is 5.69 Å². The van der Waals surface area contributed by atoms with E-state index in [-0.39, 0.29) is 23.7 Å². The number of anilines is 1. The molecular weight excluding hydrogens is 518 g/mol. The molecule has 0 aliphatic rings. The number of carbonyl (C=O) groups excluding carboxylic acids is 1. The number of guanidine groups is 1. The number of halogens is 1. The van der Waals surface area contributed by atoms with Gasteiger partial charge in [0.1, 0.15) is 5.82 Å². The smallest absolute Gasteiger partial charge is 0.349 e. The van der Waals surface area contributed by atoms with Crippen molar-refractivity contribution in [2.45, 2.75) is 51.6 Å². The number of nitrogens with zero attached hydrogens (tertiary/aromatic N) is 3. The standard InChI is InChI=1S/C27H38ClN9O2/c1-19-23(11-18-37(19)22-9-7-20(28)8-10-22)25(38)34-24-12-17-36(27(39)35-24)16-3-6-21(32-15-4-13-29)5-2-14-33-26(30)31/h7-12,17-18,21,32H,2-6,13-16,29H2,1H3,(H4,30,31,33)(H,34,35,38,39)/t21-/m0/s1. The zero-order chi connectivity index (χ0) is 28.2. The van der Waals surface area contributed by atoms with E-state index in [4.69, 9.17) is 28.5 Å². The first-order valence-corrected chi connectivity index (χ1v) is 13.5. The number of amides is 1. The first-order valence-electron chi connectivity index (χ1n) is 13.1. The van der Waals surface area contributed by atoms with E-state index in [2.05, 4.69) is 20.9 Å². The molecule has 0 fully saturated rings. The van der Waals surface area contributed by atoms with Gasteiger partial charge in [-0.3, -0.25) is 14.8 Å². The first kappa shape index (κ1) is 29.9. The van der Waals surface area contributed by atoms with Crippen molar-refractivity contribution in [3.05, 3.63) is 75.6 Å². The Morgan fingerprint density at radius 2 is 1.82 bits per heavy atom. The minimum atomic E-state index is -0.415. The molecule has 2 aromatic heterocycles. The second-order valence-corrected chi connectivity index (χ2v) is 9.76. The molecule has 0 radical (unpaired) electrons. The fourth-order valence-corrected chi connectivity index (χ4v) is 4.45. The molecule has 1 aromatic carbocycles. The molecule has 0 spiro atoms. The molecule has 0 aliphatic carbocycles. The van der Waals surface area contributed by atoms with E-state index in [0.29, 0.717) is 30.2 Å². The van der Waals surface area contributed by atoms with Crippen LogP contribution in [0.25, 0.3) is 5.69 Å². The number of rotatable bonds is 15. The van der Waals surface area contributed by atoms with Crippen LogP contribution in [0.2, 0.25) is 5.02 Å². The summed E-state index contributed by atoms with van der Waals surface area (Å²) in [7, 11) is 0. The lowest BCUT2D eigenvalue weighted by Crippen LogP contribution is -2.34. The molecule has 1 atom stereocenters. The third kappa shape index (κ3) is 9.24. The number of benzene rings is 1. The number of hydrogen-bond acceptors (Lipinski definition) is 6. The Hall–Kier alpha value is -3.67. The number of aromatic nitrogens is 3. The maximum atomic E-state index is 12.9. The highest BCUT2D eigenvalue weighted by Gasteiger charge is 2.15. The molecule has 3 aromatic rings. The van der Waals surface area contributed by atoms with Crippen molar-refractivity contribution in [1.29, 1.82) is 5.41 Å². The summed E-state index contributed by atoms with van der Waals surface area (Å²) in [5.41, 5.74) is 12.7. The van der Waals surface area contributed by atoms with Crippen molar-refractivity contribution in [2.24, 2.45) is 11.5 Å². The maximum absolute atomic E-state index is 12.9. The van der Waals surface area contributed by atoms with Gasteiger partial charge < -0.3 is 32.0 Å². The van der Waals surface area contributed by atoms with Crippen molar-refractivity contribution in [2.75, 3.05) is 25.0 Å². The molecule has 0 saturated carbocycles. The Morgan fingerprint density at radius 3 is 2.51 bits per heavy atom. The van der Waals surface area contributed by atoms with Gasteiger partial charge in [-0.15, -0.1) is 0 Å². The maximum Gasteiger partial charge on any atom is 0.349 e. The monoisotopic (exact) mass is 555 g/mol. The topological polar surface area (TPSA) is 169 Å². The van der Waals surface area contributed by atoms with Crippen LogP contribution in [-0.4, -0.2) is 51.7 Å². The van der Waals surface area contributed by atoms with Crippen LogP contribution in [0.3, 0.4) is 0 Å². The fraction of sp³-hybridized carbons (Fsp3) is 0.407. The molecule has 3 rings (SSSR count). The van der Waals surface area contributed by atoms with E-state index in [0.717, 1.165) is 50.0 Å². The van der Waals surface area contributed by atoms with E-state index in [1.165, 1.54) is 0 Å². The van der Waals surface area contributed by atoms with Crippen LogP contribution in [0.1, 0.15) is 48.2 Å². The summed E-state index contributed by atoms with van der Waals surface area (Å²) in [5, 5.41) is 17.0. The highest BCUT2D eigenvalue weighted by molar-refractivity contribution is 6.30. The summed E-state index contributed by atoms with van der Waals surface area (Å²) >= 11 is 5.98. The lowest BCUT2D eigenvalue weighted by molar-refractivity contribution is 0.102. The van der Waals surface area contributed by atoms with Crippen LogP contribution in [0, 0.1) is 12.3 Å². The molecule has 0 saturated heterocycles. The molecule has 12 heteroatoms. The second kappa shape index (κ2) is 15.1. The molecule has 2 heterocycles. The van der Waals surface area contributed by atoms with Gasteiger partial charge >= 0.3 is 5.69 Å². The van der Waals surface area contributed by atoms with Crippen LogP contribution in [0.5, 0.6) is 0 Å². The largest absolute Gasteiger partial charge is 0.370 e. The minimum Gasteiger partial charge on any atom is -0.370 e. The average molecular weight is 556 g/mol. The number of hydrogen-bond donors (Lipinski definition) is 6. The van der Waals surface area contributed by atoms with Gasteiger partial charge in [0.25, 0.3) is 5.91 Å². The van der Waals surface area contributed by atoms with Gasteiger partial charge in [0.2, 0.25) is 0 Å². The minimum absolute atomic E-state index is 0.0272. The zero-order valence-electron chi connectivity index (χ0n) is 22.3. The van der Waals surface area contributed by atoms with E-state index in [9.17, 15) is 9.59 Å². The van der Waals surface area contributed by atoms with Crippen molar-refractivity contribution in [3.8, 4) is 5.69 Å². The molecule has 0 aliphatic heterocycles. The normalized spacial score (nSPS) is 11.8. The van der Waals surface area contributed by atoms with Crippen LogP contribution in [0.15, 0.2) is 53.6 Å². The van der Waals surface area contributed by atoms with Gasteiger partial charge in [0, 0.05) is 47.9 Å². The van der Waals surface area contributed by atoms with E-state index >= 15 is 0 Å². The lowest BCUT2D eigenvalue weighted by atomic mass is 10.1. The Bertz CT molecular complexity index is 1290. The van der Waals surface area contributed by atoms with Crippen molar-refractivity contribution >= 4 is 29.3 Å². The van der Waals surface area contributed by atoms with Gasteiger partial charge in [0.05, 0.1) is 5.56 Å². The number of aryl methyl sites for hydroxylation is 1. The van der Waals surface area contributed by atoms with E-state index in [1.54, 1.807) is 35.0 Å². The van der Waals surface area contributed by atoms with Gasteiger partial charge in [-0.1, -0.05) is 11.6 Å². The summed E-state index contributed by atoms with van der Waals surface area (Å²) in [6.07, 6.45) is 7.82. The lowest BCUT2D eigenvalue weighted by Gasteiger charge is -2.19. The Morgan fingerprint density at radius 1 is 1.08 bits per heavy atom. The van der Waals surface area contributed by atoms with E-state index in [1.807, 2.05) is 29.8 Å². The van der Waals surface area contributed by atoms with Gasteiger partial charge in [-0.25, -0.2) is 4.79 Å². The third-order valence-corrected chi connectivity index (χ3v) is 6.67. The first-order chi connectivity index (χ1) is 18.8. The van der Waals surface area contributed by atoms with Crippen molar-refractivity contribution in [1.82, 2.24) is 24.8 Å². The summed E-state index contributed by atoms with van der Waals surface area (Å²) in [6, 6.07) is 11.0. The molecule has 1 amide bonds. The molecule has 8 N–H and O–H groups in total. The Kier molecular flexibility index (Phi) is 11.5. The fourth-order valence-electron chi connectivity index (χ4n) is 4.32. The van der Waals surface area contributed by atoms with Gasteiger partial charge in [-0.2, -0.15) is 4.98 Å². The second-order valence-electron chi connectivity index (χ2n) is 9.32. The summed E-state index contributed by atoms with van der Waals surface area (Å²) in [5.74, 6) is -0.157. The number of nitrogens with two attached hydrogens (primary N) is 2. The Balaban J connectivity index is 1.54. The number of nitrogens with one attached hydrogen (secondary N) is 4. The van der Waals surface area contributed by atoms with Crippen molar-refractivity contribution < 1.29 is 4.79 Å². The molecule has 0 unspecified atom stereocenters. The number of carbonyl (C=O) groups is 1. The highest BCUT2D eigenvalue weighted by atomic mass is 35.5. The summed E-state index contributed by atoms with van der Waals surface area (Å²) in [6.45, 7) is 4.48. The van der Waals surface area contributed by atoms with Gasteiger partial charge in [0.15, 0.2) is 5.96 Å². The predicted molar refractivity (Wildman–Crippen MR) is 156 cm³/mol. The molecular formula is C27H38ClN9O2. The molecule has 39 heavy (non-hydrogen) atoms. The predicted octanol–water partition coefficient (Wildman–Crippen LogP) is 2.60. The van der Waals surface area contributed by atoms with Gasteiger partial charge in [-0.05, 0) is 88.5 Å². The quantitative estimate of drug-likeness (QED) is 0.0950. The third-order valence-electron chi connectivity index (χ3n) is 6.42. The van der Waals surface area contributed by atoms with Crippen LogP contribution in [-0.2, 0) is 6.54 Å². The van der Waals surface area contributed by atoms with Crippen molar-refractivity contribution in [3.63, 3.8) is 0 Å². The SMILES string of the molecule is Cc1c(C(=O)Nc2ccn(CCC[C@H](CCCNC(=N)N)NCCCN)c(=O)n2)ccn1-c1ccc(Cl)cc1. The molecule has 11 nitrogen and oxygen atoms in total. The average Bonchev–Trinajstić information content (AvgIpc) is 3.29. The van der Waals surface area contributed by atoms with Crippen LogP contribution >= 0.6 is 11.6 Å². The highest BCUT2D eigenvalue weighted by Crippen LogP contribution is 2.19. The Labute approximate surface area is 233 Å². The molecule has 0 bridgehead atoms. The van der Waals surface area contributed by atoms with Crippen LogP contribution < -0.4 is 33.1 Å². The summed E-state index contributed by atoms with van der Waals surface area (Å²) in [4.78, 5) is 29.6. The summed E-state index contributed by atoms with van der Waals surface area (Å²) < 4.78 is 3.45. The van der Waals surface area contributed by atoms with Crippen LogP contribution in [0.4, 0.5) is 5.82 Å². The molecule has 210 valence electrons.